The number of hydrogen-bond donors (Lipinski definition) is 0. The fraction of sp³-hybridized carbons (Fsp3) is 0. The van der Waals surface area contributed by atoms with Crippen LogP contribution in [-0.2, 0) is 0 Å². The van der Waals surface area contributed by atoms with Crippen molar-refractivity contribution in [3.63, 3.8) is 0 Å². The van der Waals surface area contributed by atoms with E-state index in [9.17, 15) is 4.55 Å². The summed E-state index contributed by atoms with van der Waals surface area (Å²) < 4.78 is 10.3. The van der Waals surface area contributed by atoms with E-state index in [0.29, 0.717) is 5.15 Å². The van der Waals surface area contributed by atoms with Crippen LogP contribution in [0.3, 0.4) is 0 Å². The number of nitrogens with zero attached hydrogens (tertiary/aromatic N) is 1. The summed E-state index contributed by atoms with van der Waals surface area (Å²) in [6, 6.07) is 0. The summed E-state index contributed by atoms with van der Waals surface area (Å²) in [5.74, 6) is 0. The molecule has 0 amide bonds. The van der Waals surface area contributed by atoms with Crippen LogP contribution in [0.2, 0.25) is 5.15 Å². The Morgan fingerprint density at radius 1 is 1.86 bits per heavy atom. The first-order valence-electron chi connectivity index (χ1n) is 1.60. The summed E-state index contributed by atoms with van der Waals surface area (Å²) in [6.45, 7) is 0. The molecule has 1 unspecified atom stereocenters. The van der Waals surface area contributed by atoms with E-state index in [2.05, 4.69) is 4.98 Å². The van der Waals surface area contributed by atoms with Gasteiger partial charge in [-0.15, -0.1) is 0 Å². The van der Waals surface area contributed by atoms with Crippen LogP contribution in [0.25, 0.3) is 0 Å². The number of halogens is 1. The van der Waals surface area contributed by atoms with E-state index in [0.717, 1.165) is 0 Å². The zero-order valence-electron chi connectivity index (χ0n) is 3.30. The molecule has 0 aliphatic heterocycles. The maximum atomic E-state index is 10.3. The van der Waals surface area contributed by atoms with Crippen molar-refractivity contribution in [3.8, 4) is 0 Å². The van der Waals surface area contributed by atoms with E-state index in [1.807, 2.05) is 0 Å². The van der Waals surface area contributed by atoms with Gasteiger partial charge in [-0.25, -0.2) is 0 Å². The zero-order valence-corrected chi connectivity index (χ0v) is 4.87. The van der Waals surface area contributed by atoms with Gasteiger partial charge in [0.05, 0.1) is 0 Å². The van der Waals surface area contributed by atoms with Crippen molar-refractivity contribution in [3.05, 3.63) is 16.0 Å². The minimum Gasteiger partial charge on any atom is -0.589 e. The van der Waals surface area contributed by atoms with Crippen LogP contribution in [0.4, 0.5) is 0 Å². The van der Waals surface area contributed by atoms with Crippen molar-refractivity contribution < 1.29 is 4.55 Å². The highest BCUT2D eigenvalue weighted by molar-refractivity contribution is 7.21. The van der Waals surface area contributed by atoms with Gasteiger partial charge in [0.25, 0.3) is 0 Å². The summed E-state index contributed by atoms with van der Waals surface area (Å²) in [4.78, 5) is 3.52. The molecular formula is C3H2ClNOS. The van der Waals surface area contributed by atoms with Crippen molar-refractivity contribution in [1.29, 1.82) is 0 Å². The monoisotopic (exact) mass is 135 g/mol. The lowest BCUT2D eigenvalue weighted by Gasteiger charge is -1.73. The van der Waals surface area contributed by atoms with Gasteiger partial charge in [0.15, 0.2) is 10.5 Å². The molecule has 7 heavy (non-hydrogen) atoms. The molecule has 0 aliphatic carbocycles. The highest BCUT2D eigenvalue weighted by Gasteiger charge is 1.93. The summed E-state index contributed by atoms with van der Waals surface area (Å²) in [5, 5.41) is 1.69. The average Bonchev–Trinajstić information content (AvgIpc) is 1.87. The van der Waals surface area contributed by atoms with Crippen molar-refractivity contribution in [2.75, 3.05) is 0 Å². The van der Waals surface area contributed by atoms with Gasteiger partial charge in [0.2, 0.25) is 5.51 Å². The van der Waals surface area contributed by atoms with Gasteiger partial charge in [0.1, 0.15) is 0 Å². The quantitative estimate of drug-likeness (QED) is 0.505. The van der Waals surface area contributed by atoms with Crippen molar-refractivity contribution >= 4 is 22.4 Å². The third kappa shape index (κ3) is 1.12. The van der Waals surface area contributed by atoms with Crippen LogP contribution < -0.4 is 0 Å². The van der Waals surface area contributed by atoms with Crippen LogP contribution >= 0.6 is 22.4 Å². The van der Waals surface area contributed by atoms with Gasteiger partial charge in [-0.1, -0.05) is 11.6 Å². The number of hydrogen-bond acceptors (Lipinski definition) is 2. The maximum Gasteiger partial charge on any atom is 0.230 e. The van der Waals surface area contributed by atoms with E-state index >= 15 is 0 Å². The zero-order chi connectivity index (χ0) is 5.28. The van der Waals surface area contributed by atoms with Gasteiger partial charge in [-0.2, -0.15) is 4.98 Å². The van der Waals surface area contributed by atoms with Crippen LogP contribution in [0.1, 0.15) is 0 Å². The first-order chi connectivity index (χ1) is 3.29. The summed E-state index contributed by atoms with van der Waals surface area (Å²) >= 11 is 5.28. The second kappa shape index (κ2) is 1.78. The molecule has 0 aromatic carbocycles. The molecule has 0 saturated heterocycles. The predicted octanol–water partition coefficient (Wildman–Crippen LogP) is 1.46. The highest BCUT2D eigenvalue weighted by Crippen LogP contribution is 2.14. The molecule has 0 N–H and O–H groups in total. The smallest absolute Gasteiger partial charge is 0.230 e. The van der Waals surface area contributed by atoms with E-state index < -0.39 is 10.8 Å². The lowest BCUT2D eigenvalue weighted by molar-refractivity contribution is 0.598. The van der Waals surface area contributed by atoms with Gasteiger partial charge in [-0.05, 0) is 10.8 Å². The Labute approximate surface area is 48.6 Å². The van der Waals surface area contributed by atoms with Crippen LogP contribution in [0.5, 0.6) is 0 Å². The molecule has 1 rings (SSSR count). The van der Waals surface area contributed by atoms with E-state index in [4.69, 9.17) is 11.6 Å². The van der Waals surface area contributed by atoms with Gasteiger partial charge in [0, 0.05) is 0 Å². The normalized spacial score (nSPS) is 12.0. The van der Waals surface area contributed by atoms with Crippen molar-refractivity contribution in [2.24, 2.45) is 0 Å². The molecular weight excluding hydrogens is 134 g/mol. The first-order valence-corrected chi connectivity index (χ1v) is 3.25. The van der Waals surface area contributed by atoms with Crippen molar-refractivity contribution in [2.45, 2.75) is 0 Å². The molecule has 1 aromatic rings. The SMILES string of the molecule is [O-][s+]1cnc(Cl)c1. The molecule has 0 aliphatic rings. The lowest BCUT2D eigenvalue weighted by Crippen LogP contribution is -1.49. The summed E-state index contributed by atoms with van der Waals surface area (Å²) in [6.07, 6.45) is 0. The molecule has 1 heterocycles. The Hall–Kier alpha value is -0.120. The fourth-order valence-electron chi connectivity index (χ4n) is 0.259. The fourth-order valence-corrected chi connectivity index (χ4v) is 1.16. The topological polar surface area (TPSA) is 36.0 Å². The van der Waals surface area contributed by atoms with Crippen molar-refractivity contribution in [1.82, 2.24) is 4.98 Å². The van der Waals surface area contributed by atoms with Gasteiger partial charge in [-0.3, -0.25) is 0 Å². The molecule has 38 valence electrons. The third-order valence-corrected chi connectivity index (χ3v) is 1.60. The maximum absolute atomic E-state index is 10.3. The largest absolute Gasteiger partial charge is 0.589 e. The molecule has 0 saturated carbocycles. The summed E-state index contributed by atoms with van der Waals surface area (Å²) in [7, 11) is -1.04. The minimum atomic E-state index is -1.04. The molecule has 0 fully saturated rings. The third-order valence-electron chi connectivity index (χ3n) is 0.493. The minimum absolute atomic E-state index is 0.318. The molecule has 4 heteroatoms. The standard InChI is InChI=1S/C3H2ClNOS/c4-3-1-7(6)2-5-3/h1-2H. The van der Waals surface area contributed by atoms with Gasteiger partial charge < -0.3 is 4.55 Å². The second-order valence-electron chi connectivity index (χ2n) is 1.00. The van der Waals surface area contributed by atoms with Gasteiger partial charge >= 0.3 is 0 Å². The van der Waals surface area contributed by atoms with Crippen LogP contribution in [0, 0.1) is 0 Å². The second-order valence-corrected chi connectivity index (χ2v) is 2.49. The van der Waals surface area contributed by atoms with Crippen LogP contribution in [0.15, 0.2) is 10.9 Å². The first kappa shape index (κ1) is 5.03. The highest BCUT2D eigenvalue weighted by atomic mass is 35.5. The van der Waals surface area contributed by atoms with E-state index in [1.165, 1.54) is 10.9 Å². The predicted molar refractivity (Wildman–Crippen MR) is 27.9 cm³/mol. The van der Waals surface area contributed by atoms with E-state index in [1.54, 1.807) is 0 Å². The van der Waals surface area contributed by atoms with E-state index in [-0.39, 0.29) is 0 Å². The lowest BCUT2D eigenvalue weighted by atomic mass is 11.0. The molecule has 1 atom stereocenters. The molecule has 1 aromatic heterocycles. The molecule has 0 spiro atoms. The molecule has 2 nitrogen and oxygen atoms in total. The Bertz CT molecular complexity index is 147. The Kier molecular flexibility index (Phi) is 1.27. The Morgan fingerprint density at radius 3 is 2.71 bits per heavy atom. The Morgan fingerprint density at radius 2 is 2.57 bits per heavy atom. The summed E-state index contributed by atoms with van der Waals surface area (Å²) in [5.41, 5.74) is 1.29. The molecule has 0 bridgehead atoms. The number of rotatable bonds is 0. The number of aromatic nitrogens is 1. The Balaban J connectivity index is 3.04. The van der Waals surface area contributed by atoms with Crippen LogP contribution in [-0.4, -0.2) is 9.54 Å². The molecule has 0 radical (unpaired) electrons. The average molecular weight is 136 g/mol. The number of thiazole rings is 1.